The summed E-state index contributed by atoms with van der Waals surface area (Å²) in [5, 5.41) is 3.47. The van der Waals surface area contributed by atoms with Crippen LogP contribution in [0.2, 0.25) is 0 Å². The van der Waals surface area contributed by atoms with E-state index in [2.05, 4.69) is 16.4 Å². The van der Waals surface area contributed by atoms with Gasteiger partial charge in [0.1, 0.15) is 0 Å². The van der Waals surface area contributed by atoms with Gasteiger partial charge in [-0.15, -0.1) is 0 Å². The lowest BCUT2D eigenvalue weighted by Crippen LogP contribution is -2.28. The van der Waals surface area contributed by atoms with Gasteiger partial charge in [-0.05, 0) is 30.2 Å². The van der Waals surface area contributed by atoms with E-state index >= 15 is 0 Å². The molecule has 1 saturated heterocycles. The third-order valence-corrected chi connectivity index (χ3v) is 5.51. The summed E-state index contributed by atoms with van der Waals surface area (Å²) in [6.45, 7) is 3.02. The quantitative estimate of drug-likeness (QED) is 0.768. The number of benzene rings is 2. The summed E-state index contributed by atoms with van der Waals surface area (Å²) in [4.78, 5) is 31.0. The van der Waals surface area contributed by atoms with Crippen molar-refractivity contribution in [2.24, 2.45) is 5.92 Å². The average molecular weight is 365 g/mol. The second-order valence-electron chi connectivity index (χ2n) is 6.64. The number of likely N-dealkylation sites (tertiary alicyclic amines) is 1. The van der Waals surface area contributed by atoms with Crippen LogP contribution >= 0.6 is 11.3 Å². The van der Waals surface area contributed by atoms with Crippen molar-refractivity contribution in [1.82, 2.24) is 9.88 Å². The molecule has 0 radical (unpaired) electrons. The summed E-state index contributed by atoms with van der Waals surface area (Å²) in [6, 6.07) is 15.9. The van der Waals surface area contributed by atoms with Crippen LogP contribution in [-0.4, -0.2) is 28.2 Å². The van der Waals surface area contributed by atoms with E-state index in [1.807, 2.05) is 49.4 Å². The van der Waals surface area contributed by atoms with Gasteiger partial charge in [-0.2, -0.15) is 0 Å². The molecule has 0 saturated carbocycles. The Kier molecular flexibility index (Phi) is 4.42. The number of amides is 2. The monoisotopic (exact) mass is 365 g/mol. The van der Waals surface area contributed by atoms with Crippen LogP contribution in [0.15, 0.2) is 48.5 Å². The number of anilines is 1. The van der Waals surface area contributed by atoms with Gasteiger partial charge in [0.05, 0.1) is 16.1 Å². The van der Waals surface area contributed by atoms with Gasteiger partial charge in [-0.3, -0.25) is 9.59 Å². The standard InChI is InChI=1S/C20H19N3O2S/c1-13-7-8-16-17(9-13)26-20(21-16)22-19(25)15-10-18(24)23(12-15)11-14-5-3-2-4-6-14/h2-9,15H,10-12H2,1H3,(H,21,22,25). The summed E-state index contributed by atoms with van der Waals surface area (Å²) in [5.41, 5.74) is 3.12. The maximum absolute atomic E-state index is 12.6. The van der Waals surface area contributed by atoms with E-state index in [1.165, 1.54) is 11.3 Å². The van der Waals surface area contributed by atoms with Gasteiger partial charge in [-0.25, -0.2) is 4.98 Å². The molecule has 3 aromatic rings. The zero-order valence-electron chi connectivity index (χ0n) is 14.4. The Morgan fingerprint density at radius 3 is 2.88 bits per heavy atom. The van der Waals surface area contributed by atoms with E-state index < -0.39 is 0 Å². The Balaban J connectivity index is 1.42. The molecule has 5 nitrogen and oxygen atoms in total. The highest BCUT2D eigenvalue weighted by molar-refractivity contribution is 7.22. The van der Waals surface area contributed by atoms with Gasteiger partial charge in [0.2, 0.25) is 11.8 Å². The number of aromatic nitrogens is 1. The summed E-state index contributed by atoms with van der Waals surface area (Å²) in [6.07, 6.45) is 0.253. The van der Waals surface area contributed by atoms with Crippen LogP contribution in [0.25, 0.3) is 10.2 Å². The van der Waals surface area contributed by atoms with Gasteiger partial charge in [0.15, 0.2) is 5.13 Å². The number of rotatable bonds is 4. The number of hydrogen-bond donors (Lipinski definition) is 1. The Morgan fingerprint density at radius 2 is 2.08 bits per heavy atom. The smallest absolute Gasteiger partial charge is 0.231 e. The first kappa shape index (κ1) is 16.7. The molecule has 4 rings (SSSR count). The summed E-state index contributed by atoms with van der Waals surface area (Å²) >= 11 is 1.46. The van der Waals surface area contributed by atoms with Crippen LogP contribution in [0.3, 0.4) is 0 Å². The fourth-order valence-corrected chi connectivity index (χ4v) is 4.16. The molecule has 2 heterocycles. The van der Waals surface area contributed by atoms with Crippen molar-refractivity contribution in [3.05, 3.63) is 59.7 Å². The van der Waals surface area contributed by atoms with Crippen LogP contribution in [0.4, 0.5) is 5.13 Å². The third kappa shape index (κ3) is 3.46. The molecule has 6 heteroatoms. The second kappa shape index (κ2) is 6.88. The minimum atomic E-state index is -0.333. The highest BCUT2D eigenvalue weighted by Crippen LogP contribution is 2.28. The molecular formula is C20H19N3O2S. The number of aryl methyl sites for hydroxylation is 1. The maximum Gasteiger partial charge on any atom is 0.231 e. The van der Waals surface area contributed by atoms with E-state index in [1.54, 1.807) is 4.90 Å². The SMILES string of the molecule is Cc1ccc2nc(NC(=O)C3CC(=O)N(Cc4ccccc4)C3)sc2c1. The summed E-state index contributed by atoms with van der Waals surface area (Å²) in [5.74, 6) is -0.446. The third-order valence-electron chi connectivity index (χ3n) is 4.58. The zero-order valence-corrected chi connectivity index (χ0v) is 15.3. The van der Waals surface area contributed by atoms with Crippen molar-refractivity contribution >= 4 is 38.5 Å². The van der Waals surface area contributed by atoms with Crippen LogP contribution in [0.1, 0.15) is 17.5 Å². The molecule has 132 valence electrons. The first-order valence-electron chi connectivity index (χ1n) is 8.58. The van der Waals surface area contributed by atoms with Crippen LogP contribution in [0, 0.1) is 12.8 Å². The van der Waals surface area contributed by atoms with Crippen LogP contribution < -0.4 is 5.32 Å². The van der Waals surface area contributed by atoms with E-state index in [4.69, 9.17) is 0 Å². The molecule has 2 aromatic carbocycles. The fraction of sp³-hybridized carbons (Fsp3) is 0.250. The van der Waals surface area contributed by atoms with Gasteiger partial charge < -0.3 is 10.2 Å². The number of carbonyl (C=O) groups excluding carboxylic acids is 2. The first-order valence-corrected chi connectivity index (χ1v) is 9.40. The Morgan fingerprint density at radius 1 is 1.27 bits per heavy atom. The fourth-order valence-electron chi connectivity index (χ4n) is 3.20. The Bertz CT molecular complexity index is 968. The van der Waals surface area contributed by atoms with Crippen molar-refractivity contribution in [2.75, 3.05) is 11.9 Å². The number of hydrogen-bond acceptors (Lipinski definition) is 4. The predicted octanol–water partition coefficient (Wildman–Crippen LogP) is 3.59. The lowest BCUT2D eigenvalue weighted by molar-refractivity contribution is -0.128. The van der Waals surface area contributed by atoms with Crippen molar-refractivity contribution in [2.45, 2.75) is 19.9 Å². The van der Waals surface area contributed by atoms with Crippen molar-refractivity contribution in [3.8, 4) is 0 Å². The van der Waals surface area contributed by atoms with Crippen molar-refractivity contribution in [3.63, 3.8) is 0 Å². The largest absolute Gasteiger partial charge is 0.338 e. The Hall–Kier alpha value is -2.73. The first-order chi connectivity index (χ1) is 12.6. The van der Waals surface area contributed by atoms with E-state index in [9.17, 15) is 9.59 Å². The molecule has 1 aliphatic heterocycles. The highest BCUT2D eigenvalue weighted by Gasteiger charge is 2.34. The molecule has 0 spiro atoms. The van der Waals surface area contributed by atoms with E-state index in [-0.39, 0.29) is 24.2 Å². The number of thiazole rings is 1. The van der Waals surface area contributed by atoms with Crippen molar-refractivity contribution < 1.29 is 9.59 Å². The van der Waals surface area contributed by atoms with Crippen molar-refractivity contribution in [1.29, 1.82) is 0 Å². The van der Waals surface area contributed by atoms with Gasteiger partial charge in [-0.1, -0.05) is 47.7 Å². The van der Waals surface area contributed by atoms with Crippen LogP contribution in [0.5, 0.6) is 0 Å². The number of nitrogens with zero attached hydrogens (tertiary/aromatic N) is 2. The number of nitrogens with one attached hydrogen (secondary N) is 1. The van der Waals surface area contributed by atoms with Gasteiger partial charge in [0, 0.05) is 19.5 Å². The molecule has 1 fully saturated rings. The van der Waals surface area contributed by atoms with Gasteiger partial charge >= 0.3 is 0 Å². The second-order valence-corrected chi connectivity index (χ2v) is 7.67. The molecule has 2 amide bonds. The Labute approximate surface area is 155 Å². The number of fused-ring (bicyclic) bond motifs is 1. The molecular weight excluding hydrogens is 346 g/mol. The van der Waals surface area contributed by atoms with E-state index in [0.717, 1.165) is 21.3 Å². The maximum atomic E-state index is 12.6. The molecule has 1 aromatic heterocycles. The molecule has 1 N–H and O–H groups in total. The normalized spacial score (nSPS) is 17.0. The average Bonchev–Trinajstić information content (AvgIpc) is 3.18. The topological polar surface area (TPSA) is 62.3 Å². The minimum absolute atomic E-state index is 0.0222. The molecule has 1 atom stereocenters. The van der Waals surface area contributed by atoms with E-state index in [0.29, 0.717) is 18.2 Å². The molecule has 1 aliphatic rings. The minimum Gasteiger partial charge on any atom is -0.338 e. The highest BCUT2D eigenvalue weighted by atomic mass is 32.1. The molecule has 26 heavy (non-hydrogen) atoms. The summed E-state index contributed by atoms with van der Waals surface area (Å²) < 4.78 is 1.05. The van der Waals surface area contributed by atoms with Gasteiger partial charge in [0.25, 0.3) is 0 Å². The molecule has 0 bridgehead atoms. The molecule has 0 aliphatic carbocycles. The predicted molar refractivity (Wildman–Crippen MR) is 103 cm³/mol. The zero-order chi connectivity index (χ0) is 18.1. The summed E-state index contributed by atoms with van der Waals surface area (Å²) in [7, 11) is 0. The molecule has 1 unspecified atom stereocenters. The van der Waals surface area contributed by atoms with Crippen LogP contribution in [-0.2, 0) is 16.1 Å². The lowest BCUT2D eigenvalue weighted by Gasteiger charge is -2.16. The lowest BCUT2D eigenvalue weighted by atomic mass is 10.1. The number of carbonyl (C=O) groups is 2.